The maximum absolute atomic E-state index is 12.8. The van der Waals surface area contributed by atoms with Gasteiger partial charge in [0.1, 0.15) is 0 Å². The Kier molecular flexibility index (Phi) is 5.47. The van der Waals surface area contributed by atoms with E-state index in [4.69, 9.17) is 9.47 Å². The van der Waals surface area contributed by atoms with Crippen molar-refractivity contribution in [1.82, 2.24) is 4.90 Å². The van der Waals surface area contributed by atoms with Gasteiger partial charge in [-0.25, -0.2) is 0 Å². The Hall–Kier alpha value is -0.870. The van der Waals surface area contributed by atoms with Gasteiger partial charge in [-0.2, -0.15) is 0 Å². The van der Waals surface area contributed by atoms with Gasteiger partial charge in [0.2, 0.25) is 5.91 Å². The summed E-state index contributed by atoms with van der Waals surface area (Å²) in [7, 11) is 0. The van der Waals surface area contributed by atoms with Gasteiger partial charge < -0.3 is 14.4 Å². The monoisotopic (exact) mass is 347 g/mol. The molecule has 0 unspecified atom stereocenters. The lowest BCUT2D eigenvalue weighted by atomic mass is 9.66. The number of amides is 1. The molecule has 2 aliphatic heterocycles. The largest absolute Gasteiger partial charge is 0.381 e. The number of piperidine rings is 1. The van der Waals surface area contributed by atoms with E-state index in [9.17, 15) is 4.79 Å². The summed E-state index contributed by atoms with van der Waals surface area (Å²) in [4.78, 5) is 14.9. The standard InChI is InChI=1S/C21H33NO3/c23-20(18-4-2-1-3-5-18)22-11-8-21(9-12-22)10-13-24-15-19(21)16-25-14-17-6-7-17/h4,17,19H,1-3,5-16H2/t19-/m0/s1. The maximum Gasteiger partial charge on any atom is 0.249 e. The zero-order chi connectivity index (χ0) is 17.1. The predicted molar refractivity (Wildman–Crippen MR) is 97.3 cm³/mol. The molecule has 0 radical (unpaired) electrons. The minimum Gasteiger partial charge on any atom is -0.381 e. The molecular formula is C21H33NO3. The first-order chi connectivity index (χ1) is 12.3. The molecule has 0 bridgehead atoms. The Morgan fingerprint density at radius 2 is 2.04 bits per heavy atom. The molecule has 0 aromatic carbocycles. The molecule has 0 aromatic rings. The first-order valence-electron chi connectivity index (χ1n) is 10.4. The highest BCUT2D eigenvalue weighted by molar-refractivity contribution is 5.93. The van der Waals surface area contributed by atoms with E-state index in [0.29, 0.717) is 17.2 Å². The summed E-state index contributed by atoms with van der Waals surface area (Å²) in [5, 5.41) is 0. The van der Waals surface area contributed by atoms with Crippen molar-refractivity contribution in [2.45, 2.75) is 57.8 Å². The van der Waals surface area contributed by atoms with Gasteiger partial charge in [0.05, 0.1) is 13.2 Å². The van der Waals surface area contributed by atoms with Crippen LogP contribution in [0.15, 0.2) is 11.6 Å². The molecule has 25 heavy (non-hydrogen) atoms. The highest BCUT2D eigenvalue weighted by Crippen LogP contribution is 2.45. The van der Waals surface area contributed by atoms with Crippen LogP contribution in [0.2, 0.25) is 0 Å². The van der Waals surface area contributed by atoms with Crippen LogP contribution >= 0.6 is 0 Å². The van der Waals surface area contributed by atoms with Gasteiger partial charge in [0.15, 0.2) is 0 Å². The Labute approximate surface area is 151 Å². The number of allylic oxidation sites excluding steroid dienone is 1. The van der Waals surface area contributed by atoms with Crippen molar-refractivity contribution in [3.63, 3.8) is 0 Å². The summed E-state index contributed by atoms with van der Waals surface area (Å²) < 4.78 is 11.8. The lowest BCUT2D eigenvalue weighted by Crippen LogP contribution is -2.50. The molecule has 2 heterocycles. The topological polar surface area (TPSA) is 38.8 Å². The van der Waals surface area contributed by atoms with E-state index in [1.807, 2.05) is 0 Å². The number of ether oxygens (including phenoxy) is 2. The molecule has 4 rings (SSSR count). The highest BCUT2D eigenvalue weighted by Gasteiger charge is 2.44. The van der Waals surface area contributed by atoms with Crippen molar-refractivity contribution in [3.05, 3.63) is 11.6 Å². The van der Waals surface area contributed by atoms with Crippen molar-refractivity contribution in [1.29, 1.82) is 0 Å². The fraction of sp³-hybridized carbons (Fsp3) is 0.857. The van der Waals surface area contributed by atoms with E-state index < -0.39 is 0 Å². The molecule has 0 aromatic heterocycles. The van der Waals surface area contributed by atoms with E-state index in [1.54, 1.807) is 0 Å². The van der Waals surface area contributed by atoms with Crippen molar-refractivity contribution < 1.29 is 14.3 Å². The minimum atomic E-state index is 0.308. The molecule has 4 nitrogen and oxygen atoms in total. The summed E-state index contributed by atoms with van der Waals surface area (Å²) in [6.07, 6.45) is 12.7. The molecule has 140 valence electrons. The first-order valence-corrected chi connectivity index (χ1v) is 10.4. The molecule has 1 spiro atoms. The number of likely N-dealkylation sites (tertiary alicyclic amines) is 1. The first kappa shape index (κ1) is 17.5. The van der Waals surface area contributed by atoms with E-state index in [0.717, 1.165) is 83.1 Å². The van der Waals surface area contributed by atoms with Crippen LogP contribution in [-0.2, 0) is 14.3 Å². The number of carbonyl (C=O) groups excluding carboxylic acids is 1. The SMILES string of the molecule is O=C(C1=CCCCC1)N1CCC2(CCOC[C@H]2COCC2CC2)CC1. The van der Waals surface area contributed by atoms with Crippen molar-refractivity contribution in [2.75, 3.05) is 39.5 Å². The van der Waals surface area contributed by atoms with Gasteiger partial charge >= 0.3 is 0 Å². The molecule has 4 aliphatic rings. The van der Waals surface area contributed by atoms with E-state index in [1.165, 1.54) is 25.7 Å². The van der Waals surface area contributed by atoms with Crippen molar-refractivity contribution in [3.8, 4) is 0 Å². The van der Waals surface area contributed by atoms with Gasteiger partial charge in [-0.15, -0.1) is 0 Å². The van der Waals surface area contributed by atoms with Gasteiger partial charge in [0, 0.05) is 37.8 Å². The summed E-state index contributed by atoms with van der Waals surface area (Å²) in [6, 6.07) is 0. The number of rotatable bonds is 5. The van der Waals surface area contributed by atoms with Crippen LogP contribution in [0.1, 0.15) is 57.8 Å². The third-order valence-electron chi connectivity index (χ3n) is 6.91. The average Bonchev–Trinajstić information content (AvgIpc) is 3.49. The second-order valence-electron chi connectivity index (χ2n) is 8.63. The summed E-state index contributed by atoms with van der Waals surface area (Å²) in [6.45, 7) is 5.31. The second kappa shape index (κ2) is 7.79. The van der Waals surface area contributed by atoms with Crippen LogP contribution in [0.4, 0.5) is 0 Å². The number of hydrogen-bond donors (Lipinski definition) is 0. The molecule has 1 saturated carbocycles. The molecule has 3 fully saturated rings. The minimum absolute atomic E-state index is 0.308. The summed E-state index contributed by atoms with van der Waals surface area (Å²) in [5.41, 5.74) is 1.40. The van der Waals surface area contributed by atoms with Gasteiger partial charge in [-0.05, 0) is 69.1 Å². The molecule has 2 saturated heterocycles. The van der Waals surface area contributed by atoms with E-state index in [-0.39, 0.29) is 0 Å². The van der Waals surface area contributed by atoms with Crippen LogP contribution in [0.5, 0.6) is 0 Å². The number of carbonyl (C=O) groups is 1. The quantitative estimate of drug-likeness (QED) is 0.763. The Morgan fingerprint density at radius 3 is 2.76 bits per heavy atom. The van der Waals surface area contributed by atoms with Crippen molar-refractivity contribution >= 4 is 5.91 Å². The predicted octanol–water partition coefficient (Wildman–Crippen LogP) is 3.56. The summed E-state index contributed by atoms with van der Waals surface area (Å²) in [5.74, 6) is 1.64. The fourth-order valence-corrected chi connectivity index (χ4v) is 4.82. The van der Waals surface area contributed by atoms with Crippen LogP contribution in [0, 0.1) is 17.3 Å². The zero-order valence-electron chi connectivity index (χ0n) is 15.5. The number of nitrogens with zero attached hydrogens (tertiary/aromatic N) is 1. The third kappa shape index (κ3) is 4.11. The number of hydrogen-bond acceptors (Lipinski definition) is 3. The molecule has 1 amide bonds. The Morgan fingerprint density at radius 1 is 1.20 bits per heavy atom. The summed E-state index contributed by atoms with van der Waals surface area (Å²) >= 11 is 0. The molecule has 0 N–H and O–H groups in total. The molecule has 1 atom stereocenters. The van der Waals surface area contributed by atoms with Gasteiger partial charge in [-0.3, -0.25) is 4.79 Å². The van der Waals surface area contributed by atoms with Crippen LogP contribution in [0.3, 0.4) is 0 Å². The Balaban J connectivity index is 1.32. The lowest BCUT2D eigenvalue weighted by Gasteiger charge is -2.49. The molecule has 2 aliphatic carbocycles. The fourth-order valence-electron chi connectivity index (χ4n) is 4.82. The van der Waals surface area contributed by atoms with Gasteiger partial charge in [0.25, 0.3) is 0 Å². The normalized spacial score (nSPS) is 29.5. The van der Waals surface area contributed by atoms with Crippen LogP contribution in [0.25, 0.3) is 0 Å². The highest BCUT2D eigenvalue weighted by atomic mass is 16.5. The Bertz CT molecular complexity index is 503. The second-order valence-corrected chi connectivity index (χ2v) is 8.63. The molecule has 4 heteroatoms. The third-order valence-corrected chi connectivity index (χ3v) is 6.91. The zero-order valence-corrected chi connectivity index (χ0v) is 15.5. The smallest absolute Gasteiger partial charge is 0.249 e. The van der Waals surface area contributed by atoms with Crippen molar-refractivity contribution in [2.24, 2.45) is 17.3 Å². The van der Waals surface area contributed by atoms with E-state index in [2.05, 4.69) is 11.0 Å². The van der Waals surface area contributed by atoms with Crippen LogP contribution < -0.4 is 0 Å². The lowest BCUT2D eigenvalue weighted by molar-refractivity contribution is -0.135. The average molecular weight is 347 g/mol. The van der Waals surface area contributed by atoms with Gasteiger partial charge in [-0.1, -0.05) is 6.08 Å². The maximum atomic E-state index is 12.8. The van der Waals surface area contributed by atoms with E-state index >= 15 is 0 Å². The molecular weight excluding hydrogens is 314 g/mol. The van der Waals surface area contributed by atoms with Crippen LogP contribution in [-0.4, -0.2) is 50.3 Å².